The van der Waals surface area contributed by atoms with E-state index < -0.39 is 5.97 Å². The summed E-state index contributed by atoms with van der Waals surface area (Å²) in [5, 5.41) is 8.98. The number of benzene rings is 1. The normalized spacial score (nSPS) is 11.5. The number of carboxylic acids is 1. The average Bonchev–Trinajstić information content (AvgIpc) is 2.38. The summed E-state index contributed by atoms with van der Waals surface area (Å²) < 4.78 is 11.2. The third-order valence-corrected chi connectivity index (χ3v) is 3.04. The summed E-state index contributed by atoms with van der Waals surface area (Å²) in [7, 11) is 0. The van der Waals surface area contributed by atoms with Crippen LogP contribution in [0.15, 0.2) is 24.3 Å². The summed E-state index contributed by atoms with van der Waals surface area (Å²) in [5.74, 6) is 0.559. The first-order valence-electron chi connectivity index (χ1n) is 7.16. The highest BCUT2D eigenvalue weighted by Crippen LogP contribution is 2.26. The van der Waals surface area contributed by atoms with Gasteiger partial charge in [-0.25, -0.2) is 0 Å². The fourth-order valence-corrected chi connectivity index (χ4v) is 1.92. The van der Waals surface area contributed by atoms with Gasteiger partial charge in [-0.15, -0.1) is 0 Å². The van der Waals surface area contributed by atoms with Gasteiger partial charge in [-0.3, -0.25) is 9.69 Å². The number of carbonyl (C=O) groups is 1. The van der Waals surface area contributed by atoms with Crippen molar-refractivity contribution in [1.29, 1.82) is 0 Å². The van der Waals surface area contributed by atoms with E-state index in [4.69, 9.17) is 14.6 Å². The number of hydrogen-bond acceptors (Lipinski definition) is 4. The molecule has 0 bridgehead atoms. The van der Waals surface area contributed by atoms with Crippen LogP contribution >= 0.6 is 0 Å². The van der Waals surface area contributed by atoms with E-state index in [1.54, 1.807) is 0 Å². The highest BCUT2D eigenvalue weighted by molar-refractivity contribution is 5.69. The Kier molecular flexibility index (Phi) is 6.49. The minimum Gasteiger partial charge on any atom is -0.490 e. The van der Waals surface area contributed by atoms with E-state index in [1.165, 1.54) is 0 Å². The lowest BCUT2D eigenvalue weighted by molar-refractivity contribution is -0.139. The van der Waals surface area contributed by atoms with Crippen LogP contribution in [0.5, 0.6) is 11.5 Å². The summed E-state index contributed by atoms with van der Waals surface area (Å²) in [5.41, 5.74) is -0.221. The summed E-state index contributed by atoms with van der Waals surface area (Å²) in [6.07, 6.45) is 0. The molecule has 5 nitrogen and oxygen atoms in total. The van der Waals surface area contributed by atoms with Crippen LogP contribution in [0, 0.1) is 0 Å². The molecule has 5 heteroatoms. The van der Waals surface area contributed by atoms with Gasteiger partial charge in [0.1, 0.15) is 6.61 Å². The quantitative estimate of drug-likeness (QED) is 0.799. The van der Waals surface area contributed by atoms with Crippen molar-refractivity contribution in [1.82, 2.24) is 4.90 Å². The second kappa shape index (κ2) is 7.88. The molecule has 0 saturated carbocycles. The highest BCUT2D eigenvalue weighted by Gasteiger charge is 2.23. The molecule has 0 aromatic heterocycles. The smallest absolute Gasteiger partial charge is 0.317 e. The molecule has 0 atom stereocenters. The Labute approximate surface area is 126 Å². The van der Waals surface area contributed by atoms with Crippen LogP contribution in [0.1, 0.15) is 27.7 Å². The molecular formula is C16H25NO4. The number of para-hydroxylation sites is 2. The number of rotatable bonds is 8. The van der Waals surface area contributed by atoms with Crippen molar-refractivity contribution in [2.24, 2.45) is 0 Å². The predicted octanol–water partition coefficient (Wildman–Crippen LogP) is 2.65. The van der Waals surface area contributed by atoms with E-state index in [-0.39, 0.29) is 12.1 Å². The lowest BCUT2D eigenvalue weighted by atomic mass is 10.1. The fourth-order valence-electron chi connectivity index (χ4n) is 1.92. The molecule has 0 radical (unpaired) electrons. The van der Waals surface area contributed by atoms with Crippen molar-refractivity contribution in [2.75, 3.05) is 26.3 Å². The average molecular weight is 295 g/mol. The molecule has 0 unspecified atom stereocenters. The number of hydrogen-bond donors (Lipinski definition) is 1. The minimum atomic E-state index is -0.834. The van der Waals surface area contributed by atoms with E-state index >= 15 is 0 Å². The first kappa shape index (κ1) is 17.3. The molecule has 1 N–H and O–H groups in total. The highest BCUT2D eigenvalue weighted by atomic mass is 16.5. The lowest BCUT2D eigenvalue weighted by Crippen LogP contribution is -2.46. The fraction of sp³-hybridized carbons (Fsp3) is 0.562. The summed E-state index contributed by atoms with van der Waals surface area (Å²) in [4.78, 5) is 12.8. The van der Waals surface area contributed by atoms with Crippen LogP contribution in [0.25, 0.3) is 0 Å². The van der Waals surface area contributed by atoms with Crippen LogP contribution in [-0.4, -0.2) is 47.8 Å². The maximum atomic E-state index is 10.9. The van der Waals surface area contributed by atoms with Crippen LogP contribution in [0.4, 0.5) is 0 Å². The molecule has 1 rings (SSSR count). The van der Waals surface area contributed by atoms with Gasteiger partial charge in [0.15, 0.2) is 11.5 Å². The monoisotopic (exact) mass is 295 g/mol. The van der Waals surface area contributed by atoms with Gasteiger partial charge in [0, 0.05) is 12.1 Å². The Bertz CT molecular complexity index is 454. The van der Waals surface area contributed by atoms with Crippen LogP contribution in [0.3, 0.4) is 0 Å². The summed E-state index contributed by atoms with van der Waals surface area (Å²) >= 11 is 0. The van der Waals surface area contributed by atoms with E-state index in [9.17, 15) is 4.79 Å². The van der Waals surface area contributed by atoms with Gasteiger partial charge in [0.2, 0.25) is 0 Å². The summed E-state index contributed by atoms with van der Waals surface area (Å²) in [6.45, 7) is 9.42. The molecule has 1 aromatic carbocycles. The molecule has 0 amide bonds. The maximum absolute atomic E-state index is 10.9. The van der Waals surface area contributed by atoms with Crippen LogP contribution in [-0.2, 0) is 4.79 Å². The third-order valence-electron chi connectivity index (χ3n) is 3.04. The molecule has 0 aliphatic heterocycles. The molecule has 21 heavy (non-hydrogen) atoms. The van der Waals surface area contributed by atoms with E-state index in [0.717, 1.165) is 0 Å². The second-order valence-corrected chi connectivity index (χ2v) is 5.71. The van der Waals surface area contributed by atoms with Gasteiger partial charge in [0.25, 0.3) is 0 Å². The Morgan fingerprint density at radius 1 is 1.19 bits per heavy atom. The van der Waals surface area contributed by atoms with E-state index in [2.05, 4.69) is 0 Å². The zero-order valence-corrected chi connectivity index (χ0v) is 13.3. The molecule has 0 fully saturated rings. The Morgan fingerprint density at radius 2 is 1.76 bits per heavy atom. The van der Waals surface area contributed by atoms with Gasteiger partial charge >= 0.3 is 5.97 Å². The van der Waals surface area contributed by atoms with Gasteiger partial charge in [0.05, 0.1) is 13.2 Å². The minimum absolute atomic E-state index is 0.0000329. The van der Waals surface area contributed by atoms with Gasteiger partial charge in [-0.2, -0.15) is 0 Å². The van der Waals surface area contributed by atoms with Crippen LogP contribution in [0.2, 0.25) is 0 Å². The topological polar surface area (TPSA) is 59.0 Å². The van der Waals surface area contributed by atoms with Crippen molar-refractivity contribution >= 4 is 5.97 Å². The largest absolute Gasteiger partial charge is 0.490 e. The first-order valence-corrected chi connectivity index (χ1v) is 7.16. The number of carboxylic acid groups (broad SMARTS) is 1. The molecule has 0 heterocycles. The standard InChI is InChI=1S/C16H25NO4/c1-5-20-13-8-6-7-9-14(13)21-11-10-17(12-15(18)19)16(2,3)4/h6-9H,5,10-12H2,1-4H3,(H,18,19). The van der Waals surface area contributed by atoms with Gasteiger partial charge in [-0.1, -0.05) is 12.1 Å². The molecule has 0 spiro atoms. The van der Waals surface area contributed by atoms with Gasteiger partial charge in [-0.05, 0) is 39.8 Å². The Morgan fingerprint density at radius 3 is 2.24 bits per heavy atom. The molecule has 1 aromatic rings. The molecule has 0 saturated heterocycles. The van der Waals surface area contributed by atoms with Crippen molar-refractivity contribution in [2.45, 2.75) is 33.2 Å². The Balaban J connectivity index is 2.60. The molecule has 0 aliphatic carbocycles. The third kappa shape index (κ3) is 6.04. The summed E-state index contributed by atoms with van der Waals surface area (Å²) in [6, 6.07) is 7.49. The van der Waals surface area contributed by atoms with E-state index in [1.807, 2.05) is 56.9 Å². The Hall–Kier alpha value is -1.75. The van der Waals surface area contributed by atoms with Crippen molar-refractivity contribution in [3.05, 3.63) is 24.3 Å². The van der Waals surface area contributed by atoms with Crippen molar-refractivity contribution in [3.8, 4) is 11.5 Å². The molecule has 0 aliphatic rings. The van der Waals surface area contributed by atoms with Crippen molar-refractivity contribution < 1.29 is 19.4 Å². The zero-order valence-electron chi connectivity index (χ0n) is 13.3. The van der Waals surface area contributed by atoms with Gasteiger partial charge < -0.3 is 14.6 Å². The zero-order chi connectivity index (χ0) is 15.9. The lowest BCUT2D eigenvalue weighted by Gasteiger charge is -2.34. The molecular weight excluding hydrogens is 270 g/mol. The number of nitrogens with zero attached hydrogens (tertiary/aromatic N) is 1. The van der Waals surface area contributed by atoms with Crippen LogP contribution < -0.4 is 9.47 Å². The number of aliphatic carboxylic acids is 1. The number of ether oxygens (including phenoxy) is 2. The molecule has 118 valence electrons. The van der Waals surface area contributed by atoms with E-state index in [0.29, 0.717) is 31.3 Å². The predicted molar refractivity (Wildman–Crippen MR) is 82.1 cm³/mol. The van der Waals surface area contributed by atoms with Crippen molar-refractivity contribution in [3.63, 3.8) is 0 Å². The second-order valence-electron chi connectivity index (χ2n) is 5.71. The maximum Gasteiger partial charge on any atom is 0.317 e. The first-order chi connectivity index (χ1) is 9.84. The SMILES string of the molecule is CCOc1ccccc1OCCN(CC(=O)O)C(C)(C)C.